The van der Waals surface area contributed by atoms with Crippen LogP contribution in [0.25, 0.3) is 12.2 Å². The van der Waals surface area contributed by atoms with E-state index in [0.717, 1.165) is 11.1 Å². The van der Waals surface area contributed by atoms with Gasteiger partial charge in [-0.15, -0.1) is 0 Å². The summed E-state index contributed by atoms with van der Waals surface area (Å²) in [6.07, 6.45) is 5.60. The van der Waals surface area contributed by atoms with E-state index in [1.54, 1.807) is 30.3 Å². The summed E-state index contributed by atoms with van der Waals surface area (Å²) in [5.74, 6) is -0.710. The molecule has 0 saturated carbocycles. The Morgan fingerprint density at radius 3 is 1.50 bits per heavy atom. The molecule has 0 aliphatic carbocycles. The lowest BCUT2D eigenvalue weighted by atomic mass is 10.1. The second-order valence-corrected chi connectivity index (χ2v) is 7.63. The predicted octanol–water partition coefficient (Wildman–Crippen LogP) is 4.16. The summed E-state index contributed by atoms with van der Waals surface area (Å²) < 4.78 is 0. The molecule has 0 aliphatic heterocycles. The molecule has 0 bridgehead atoms. The van der Waals surface area contributed by atoms with Crippen molar-refractivity contribution in [2.75, 3.05) is 0 Å². The molecule has 2 N–H and O–H groups in total. The van der Waals surface area contributed by atoms with E-state index >= 15 is 0 Å². The van der Waals surface area contributed by atoms with Gasteiger partial charge >= 0.3 is 0 Å². The average molecular weight is 486 g/mol. The molecule has 0 fully saturated rings. The number of nitro groups is 2. The Morgan fingerprint density at radius 2 is 1.08 bits per heavy atom. The molecular formula is C26H22N4O6. The van der Waals surface area contributed by atoms with E-state index in [0.29, 0.717) is 11.1 Å². The second-order valence-electron chi connectivity index (χ2n) is 7.63. The highest BCUT2D eigenvalue weighted by Gasteiger charge is 2.06. The third-order valence-electron chi connectivity index (χ3n) is 4.94. The van der Waals surface area contributed by atoms with Crippen molar-refractivity contribution in [3.63, 3.8) is 0 Å². The maximum atomic E-state index is 12.1. The number of rotatable bonds is 10. The molecule has 10 heteroatoms. The smallest absolute Gasteiger partial charge is 0.270 e. The van der Waals surface area contributed by atoms with Crippen molar-refractivity contribution in [2.24, 2.45) is 0 Å². The minimum absolute atomic E-state index is 0.0546. The van der Waals surface area contributed by atoms with Crippen LogP contribution in [-0.4, -0.2) is 21.7 Å². The van der Waals surface area contributed by atoms with E-state index in [2.05, 4.69) is 10.6 Å². The van der Waals surface area contributed by atoms with Gasteiger partial charge in [-0.05, 0) is 34.4 Å². The number of nitro benzene ring substituents is 2. The molecule has 3 aromatic rings. The zero-order valence-electron chi connectivity index (χ0n) is 19.0. The quantitative estimate of drug-likeness (QED) is 0.250. The highest BCUT2D eigenvalue weighted by atomic mass is 16.6. The van der Waals surface area contributed by atoms with Crippen LogP contribution in [0.4, 0.5) is 11.4 Å². The molecule has 0 heterocycles. The molecule has 0 spiro atoms. The van der Waals surface area contributed by atoms with Crippen molar-refractivity contribution in [1.29, 1.82) is 0 Å². The molecule has 0 aliphatic rings. The molecule has 2 amide bonds. The highest BCUT2D eigenvalue weighted by molar-refractivity contribution is 5.92. The number of benzene rings is 3. The van der Waals surface area contributed by atoms with Gasteiger partial charge in [0.05, 0.1) is 9.85 Å². The fourth-order valence-electron chi connectivity index (χ4n) is 3.17. The van der Waals surface area contributed by atoms with Crippen LogP contribution in [0.1, 0.15) is 22.3 Å². The van der Waals surface area contributed by atoms with E-state index in [1.807, 2.05) is 18.2 Å². The maximum Gasteiger partial charge on any atom is 0.270 e. The Hall–Kier alpha value is -5.12. The van der Waals surface area contributed by atoms with Gasteiger partial charge in [0.2, 0.25) is 11.8 Å². The van der Waals surface area contributed by atoms with Crippen LogP contribution in [-0.2, 0) is 22.7 Å². The number of carbonyl (C=O) groups excluding carboxylic acids is 2. The second kappa shape index (κ2) is 12.4. The molecule has 0 atom stereocenters. The summed E-state index contributed by atoms with van der Waals surface area (Å²) in [6, 6.07) is 19.2. The Labute approximate surface area is 206 Å². The van der Waals surface area contributed by atoms with Crippen LogP contribution < -0.4 is 10.6 Å². The zero-order chi connectivity index (χ0) is 25.9. The lowest BCUT2D eigenvalue weighted by molar-refractivity contribution is -0.385. The van der Waals surface area contributed by atoms with Gasteiger partial charge in [-0.2, -0.15) is 0 Å². The van der Waals surface area contributed by atoms with Gasteiger partial charge in [-0.3, -0.25) is 29.8 Å². The number of hydrogen-bond acceptors (Lipinski definition) is 6. The third kappa shape index (κ3) is 8.03. The number of hydrogen-bond donors (Lipinski definition) is 2. The van der Waals surface area contributed by atoms with Gasteiger partial charge in [0.25, 0.3) is 11.4 Å². The van der Waals surface area contributed by atoms with E-state index in [-0.39, 0.29) is 36.3 Å². The Balaban J connectivity index is 1.49. The van der Waals surface area contributed by atoms with Crippen LogP contribution in [0, 0.1) is 20.2 Å². The molecule has 182 valence electrons. The molecule has 3 rings (SSSR count). The predicted molar refractivity (Wildman–Crippen MR) is 134 cm³/mol. The van der Waals surface area contributed by atoms with Crippen LogP contribution >= 0.6 is 0 Å². The minimum Gasteiger partial charge on any atom is -0.348 e. The van der Waals surface area contributed by atoms with E-state index < -0.39 is 9.85 Å². The minimum atomic E-state index is -0.500. The number of non-ortho nitro benzene ring substituents is 2. The monoisotopic (exact) mass is 486 g/mol. The van der Waals surface area contributed by atoms with Crippen LogP contribution in [0.3, 0.4) is 0 Å². The Bertz CT molecular complexity index is 1250. The lowest BCUT2D eigenvalue weighted by Crippen LogP contribution is -2.21. The first-order valence-corrected chi connectivity index (χ1v) is 10.8. The first-order valence-electron chi connectivity index (χ1n) is 10.8. The summed E-state index contributed by atoms with van der Waals surface area (Å²) in [6.45, 7) is 0.513. The largest absolute Gasteiger partial charge is 0.348 e. The third-order valence-corrected chi connectivity index (χ3v) is 4.94. The molecule has 0 aromatic heterocycles. The standard InChI is InChI=1S/C26H22N4O6/c31-25(12-10-19-4-2-8-23(15-19)29(33)34)27-17-21-6-1-7-22(14-21)18-28-26(32)13-11-20-5-3-9-24(16-20)30(35)36/h1-16H,17-18H2,(H,27,31)(H,28,32). The molecule has 10 nitrogen and oxygen atoms in total. The number of nitrogens with zero attached hydrogens (tertiary/aromatic N) is 2. The molecule has 0 unspecified atom stereocenters. The lowest BCUT2D eigenvalue weighted by Gasteiger charge is -2.07. The molecule has 0 saturated heterocycles. The first-order chi connectivity index (χ1) is 17.3. The summed E-state index contributed by atoms with van der Waals surface area (Å²) in [7, 11) is 0. The first kappa shape index (κ1) is 25.5. The number of amides is 2. The van der Waals surface area contributed by atoms with Gasteiger partial charge in [0, 0.05) is 49.5 Å². The van der Waals surface area contributed by atoms with Crippen LogP contribution in [0.5, 0.6) is 0 Å². The van der Waals surface area contributed by atoms with Crippen molar-refractivity contribution in [3.8, 4) is 0 Å². The van der Waals surface area contributed by atoms with Gasteiger partial charge in [-0.1, -0.05) is 48.5 Å². The summed E-state index contributed by atoms with van der Waals surface area (Å²) in [5, 5.41) is 27.2. The molecule has 3 aromatic carbocycles. The molecule has 36 heavy (non-hydrogen) atoms. The maximum absolute atomic E-state index is 12.1. The molecule has 0 radical (unpaired) electrons. The number of carbonyl (C=O) groups is 2. The fraction of sp³-hybridized carbons (Fsp3) is 0.0769. The van der Waals surface area contributed by atoms with Gasteiger partial charge < -0.3 is 10.6 Å². The van der Waals surface area contributed by atoms with Gasteiger partial charge in [0.1, 0.15) is 0 Å². The van der Waals surface area contributed by atoms with Crippen molar-refractivity contribution >= 4 is 35.3 Å². The van der Waals surface area contributed by atoms with Gasteiger partial charge in [0.15, 0.2) is 0 Å². The highest BCUT2D eigenvalue weighted by Crippen LogP contribution is 2.15. The van der Waals surface area contributed by atoms with E-state index in [4.69, 9.17) is 0 Å². The molecular weight excluding hydrogens is 464 g/mol. The topological polar surface area (TPSA) is 144 Å². The van der Waals surface area contributed by atoms with Crippen LogP contribution in [0.15, 0.2) is 84.9 Å². The van der Waals surface area contributed by atoms with Gasteiger partial charge in [-0.25, -0.2) is 0 Å². The van der Waals surface area contributed by atoms with Crippen LogP contribution in [0.2, 0.25) is 0 Å². The van der Waals surface area contributed by atoms with Crippen molar-refractivity contribution < 1.29 is 19.4 Å². The SMILES string of the molecule is O=C(C=Cc1cccc([N+](=O)[O-])c1)NCc1cccc(CNC(=O)C=Cc2cccc([N+](=O)[O-])c2)c1. The van der Waals surface area contributed by atoms with E-state index in [9.17, 15) is 29.8 Å². The Kier molecular flexibility index (Phi) is 8.76. The number of nitrogens with one attached hydrogen (secondary N) is 2. The zero-order valence-corrected chi connectivity index (χ0v) is 19.0. The van der Waals surface area contributed by atoms with Crippen molar-refractivity contribution in [2.45, 2.75) is 13.1 Å². The summed E-state index contributed by atoms with van der Waals surface area (Å²) in [5.41, 5.74) is 2.62. The van der Waals surface area contributed by atoms with Crippen molar-refractivity contribution in [3.05, 3.63) is 127 Å². The summed E-state index contributed by atoms with van der Waals surface area (Å²) >= 11 is 0. The average Bonchev–Trinajstić information content (AvgIpc) is 2.89. The van der Waals surface area contributed by atoms with E-state index in [1.165, 1.54) is 48.6 Å². The Morgan fingerprint density at radius 1 is 0.667 bits per heavy atom. The summed E-state index contributed by atoms with van der Waals surface area (Å²) in [4.78, 5) is 44.9. The fourth-order valence-corrected chi connectivity index (χ4v) is 3.17. The van der Waals surface area contributed by atoms with Crippen molar-refractivity contribution in [1.82, 2.24) is 10.6 Å². The normalized spacial score (nSPS) is 10.9.